The molecule has 0 unspecified atom stereocenters. The summed E-state index contributed by atoms with van der Waals surface area (Å²) in [5, 5.41) is 2.45. The van der Waals surface area contributed by atoms with E-state index in [2.05, 4.69) is 10.0 Å². The van der Waals surface area contributed by atoms with Crippen LogP contribution in [-0.4, -0.2) is 14.3 Å². The molecule has 0 aliphatic heterocycles. The average Bonchev–Trinajstić information content (AvgIpc) is 2.78. The molecule has 0 aromatic heterocycles. The van der Waals surface area contributed by atoms with Crippen LogP contribution in [0.4, 0.5) is 18.9 Å². The smallest absolute Gasteiger partial charge is 0.326 e. The highest BCUT2D eigenvalue weighted by molar-refractivity contribution is 7.89. The Hall–Kier alpha value is -3.17. The first-order valence-electron chi connectivity index (χ1n) is 10.2. The summed E-state index contributed by atoms with van der Waals surface area (Å²) < 4.78 is 66.3. The summed E-state index contributed by atoms with van der Waals surface area (Å²) in [6.07, 6.45) is -4.15. The maximum absolute atomic E-state index is 12.8. The van der Waals surface area contributed by atoms with Crippen LogP contribution in [0, 0.1) is 0 Å². The standard InChI is InChI=1S/C24H23F3N2O3S/c1-17(19-6-3-2-4-7-19)29-33(31,32)22-13-10-18(11-14-22)12-15-23(30)28-21-9-5-8-20(16-21)24(25,26)27/h2-11,13-14,16-17,29H,12,15H2,1H3,(H,28,30)/t17-/m0/s1. The predicted molar refractivity (Wildman–Crippen MR) is 120 cm³/mol. The van der Waals surface area contributed by atoms with Gasteiger partial charge in [0, 0.05) is 18.2 Å². The number of carbonyl (C=O) groups is 1. The minimum atomic E-state index is -4.49. The van der Waals surface area contributed by atoms with Gasteiger partial charge in [-0.3, -0.25) is 4.79 Å². The summed E-state index contributed by atoms with van der Waals surface area (Å²) in [6.45, 7) is 1.75. The van der Waals surface area contributed by atoms with Gasteiger partial charge < -0.3 is 5.32 Å². The van der Waals surface area contributed by atoms with Gasteiger partial charge in [0.05, 0.1) is 10.5 Å². The molecule has 1 atom stereocenters. The lowest BCUT2D eigenvalue weighted by Crippen LogP contribution is -2.26. The molecule has 0 radical (unpaired) electrons. The topological polar surface area (TPSA) is 75.3 Å². The Morgan fingerprint density at radius 1 is 0.939 bits per heavy atom. The van der Waals surface area contributed by atoms with Crippen molar-refractivity contribution in [3.05, 3.63) is 95.6 Å². The summed E-state index contributed by atoms with van der Waals surface area (Å²) in [5.74, 6) is -0.440. The van der Waals surface area contributed by atoms with Crippen molar-refractivity contribution in [3.63, 3.8) is 0 Å². The normalized spacial score (nSPS) is 12.8. The van der Waals surface area contributed by atoms with Crippen molar-refractivity contribution in [2.45, 2.75) is 36.9 Å². The highest BCUT2D eigenvalue weighted by Crippen LogP contribution is 2.30. The van der Waals surface area contributed by atoms with E-state index in [4.69, 9.17) is 0 Å². The molecule has 5 nitrogen and oxygen atoms in total. The monoisotopic (exact) mass is 476 g/mol. The van der Waals surface area contributed by atoms with Crippen molar-refractivity contribution < 1.29 is 26.4 Å². The fourth-order valence-electron chi connectivity index (χ4n) is 3.20. The Balaban J connectivity index is 1.56. The number of alkyl halides is 3. The van der Waals surface area contributed by atoms with E-state index in [0.29, 0.717) is 6.42 Å². The number of nitrogens with one attached hydrogen (secondary N) is 2. The van der Waals surface area contributed by atoms with E-state index in [-0.39, 0.29) is 17.0 Å². The van der Waals surface area contributed by atoms with Gasteiger partial charge in [0.25, 0.3) is 0 Å². The molecule has 9 heteroatoms. The number of hydrogen-bond acceptors (Lipinski definition) is 3. The maximum Gasteiger partial charge on any atom is 0.416 e. The first kappa shape index (κ1) is 24.5. The molecule has 174 valence electrons. The zero-order valence-electron chi connectivity index (χ0n) is 17.8. The van der Waals surface area contributed by atoms with Gasteiger partial charge in [-0.15, -0.1) is 0 Å². The highest BCUT2D eigenvalue weighted by atomic mass is 32.2. The van der Waals surface area contributed by atoms with Crippen molar-refractivity contribution in [3.8, 4) is 0 Å². The first-order valence-corrected chi connectivity index (χ1v) is 11.7. The van der Waals surface area contributed by atoms with Crippen LogP contribution in [-0.2, 0) is 27.4 Å². The number of aryl methyl sites for hydroxylation is 1. The zero-order valence-corrected chi connectivity index (χ0v) is 18.6. The third-order valence-electron chi connectivity index (χ3n) is 4.98. The van der Waals surface area contributed by atoms with Crippen LogP contribution in [0.25, 0.3) is 0 Å². The molecule has 33 heavy (non-hydrogen) atoms. The van der Waals surface area contributed by atoms with Gasteiger partial charge in [0.2, 0.25) is 15.9 Å². The molecule has 2 N–H and O–H groups in total. The Bertz CT molecular complexity index is 1200. The molecule has 3 rings (SSSR count). The molecule has 3 aromatic carbocycles. The van der Waals surface area contributed by atoms with Crippen molar-refractivity contribution >= 4 is 21.6 Å². The number of halogens is 3. The Morgan fingerprint density at radius 3 is 2.24 bits per heavy atom. The van der Waals surface area contributed by atoms with Gasteiger partial charge in [-0.05, 0) is 54.8 Å². The molecule has 0 aliphatic carbocycles. The number of hydrogen-bond donors (Lipinski definition) is 2. The lowest BCUT2D eigenvalue weighted by molar-refractivity contribution is -0.137. The van der Waals surface area contributed by atoms with Crippen LogP contribution < -0.4 is 10.0 Å². The third-order valence-corrected chi connectivity index (χ3v) is 6.54. The van der Waals surface area contributed by atoms with Gasteiger partial charge in [-0.1, -0.05) is 48.5 Å². The maximum atomic E-state index is 12.8. The lowest BCUT2D eigenvalue weighted by atomic mass is 10.1. The number of anilines is 1. The van der Waals surface area contributed by atoms with E-state index < -0.39 is 33.7 Å². The van der Waals surface area contributed by atoms with Gasteiger partial charge >= 0.3 is 6.18 Å². The summed E-state index contributed by atoms with van der Waals surface area (Å²) >= 11 is 0. The number of sulfonamides is 1. The number of rotatable bonds is 8. The Morgan fingerprint density at radius 2 is 1.61 bits per heavy atom. The minimum Gasteiger partial charge on any atom is -0.326 e. The molecule has 0 saturated carbocycles. The molecule has 3 aromatic rings. The second kappa shape index (κ2) is 10.2. The van der Waals surface area contributed by atoms with Gasteiger partial charge in [0.15, 0.2) is 0 Å². The van der Waals surface area contributed by atoms with Crippen LogP contribution >= 0.6 is 0 Å². The number of benzene rings is 3. The quantitative estimate of drug-likeness (QED) is 0.462. The minimum absolute atomic E-state index is 0.0334. The van der Waals surface area contributed by atoms with Crippen LogP contribution in [0.5, 0.6) is 0 Å². The second-order valence-electron chi connectivity index (χ2n) is 7.52. The summed E-state index contributed by atoms with van der Waals surface area (Å²) in [4.78, 5) is 12.2. The van der Waals surface area contributed by atoms with E-state index in [9.17, 15) is 26.4 Å². The van der Waals surface area contributed by atoms with E-state index in [1.54, 1.807) is 19.1 Å². The highest BCUT2D eigenvalue weighted by Gasteiger charge is 2.30. The fraction of sp³-hybridized carbons (Fsp3) is 0.208. The van der Waals surface area contributed by atoms with E-state index in [1.807, 2.05) is 30.3 Å². The number of carbonyl (C=O) groups excluding carboxylic acids is 1. The second-order valence-corrected chi connectivity index (χ2v) is 9.24. The molecule has 0 saturated heterocycles. The molecular weight excluding hydrogens is 453 g/mol. The lowest BCUT2D eigenvalue weighted by Gasteiger charge is -2.15. The molecule has 0 fully saturated rings. The van der Waals surface area contributed by atoms with Crippen LogP contribution in [0.2, 0.25) is 0 Å². The van der Waals surface area contributed by atoms with Crippen molar-refractivity contribution in [1.82, 2.24) is 4.72 Å². The average molecular weight is 477 g/mol. The number of amides is 1. The van der Waals surface area contributed by atoms with Gasteiger partial charge in [-0.2, -0.15) is 13.2 Å². The SMILES string of the molecule is C[C@H](NS(=O)(=O)c1ccc(CCC(=O)Nc2cccc(C(F)(F)F)c2)cc1)c1ccccc1. The first-order chi connectivity index (χ1) is 15.5. The summed E-state index contributed by atoms with van der Waals surface area (Å²) in [6, 6.07) is 19.3. The Kier molecular flexibility index (Phi) is 7.55. The molecule has 0 spiro atoms. The van der Waals surface area contributed by atoms with Gasteiger partial charge in [0.1, 0.15) is 0 Å². The third kappa shape index (κ3) is 6.90. The summed E-state index contributed by atoms with van der Waals surface area (Å²) in [5.41, 5.74) is 0.788. The van der Waals surface area contributed by atoms with E-state index >= 15 is 0 Å². The predicted octanol–water partition coefficient (Wildman–Crippen LogP) is 5.32. The molecule has 0 bridgehead atoms. The van der Waals surface area contributed by atoms with Crippen LogP contribution in [0.15, 0.2) is 83.8 Å². The zero-order chi connectivity index (χ0) is 24.1. The van der Waals surface area contributed by atoms with E-state index in [1.165, 1.54) is 24.3 Å². The van der Waals surface area contributed by atoms with Crippen molar-refractivity contribution in [1.29, 1.82) is 0 Å². The van der Waals surface area contributed by atoms with Crippen LogP contribution in [0.3, 0.4) is 0 Å². The molecular formula is C24H23F3N2O3S. The fourth-order valence-corrected chi connectivity index (χ4v) is 4.43. The largest absolute Gasteiger partial charge is 0.416 e. The van der Waals surface area contributed by atoms with Crippen LogP contribution in [0.1, 0.15) is 36.1 Å². The van der Waals surface area contributed by atoms with Crippen molar-refractivity contribution in [2.75, 3.05) is 5.32 Å². The van der Waals surface area contributed by atoms with Gasteiger partial charge in [-0.25, -0.2) is 13.1 Å². The van der Waals surface area contributed by atoms with E-state index in [0.717, 1.165) is 23.3 Å². The Labute approximate surface area is 190 Å². The molecule has 0 heterocycles. The molecule has 1 amide bonds. The summed E-state index contributed by atoms with van der Waals surface area (Å²) in [7, 11) is -3.73. The molecule has 0 aliphatic rings. The van der Waals surface area contributed by atoms with Crippen molar-refractivity contribution in [2.24, 2.45) is 0 Å².